The van der Waals surface area contributed by atoms with Crippen molar-refractivity contribution in [2.75, 3.05) is 0 Å². The van der Waals surface area contributed by atoms with E-state index in [4.69, 9.17) is 12.2 Å². The van der Waals surface area contributed by atoms with E-state index in [1.807, 2.05) is 11.8 Å². The highest BCUT2D eigenvalue weighted by Gasteiger charge is 2.41. The van der Waals surface area contributed by atoms with Gasteiger partial charge in [-0.15, -0.1) is 0 Å². The summed E-state index contributed by atoms with van der Waals surface area (Å²) in [5.74, 6) is 0. The topological polar surface area (TPSA) is 12.0 Å². The molecule has 3 aliphatic rings. The summed E-state index contributed by atoms with van der Waals surface area (Å²) in [6, 6.07) is 0. The van der Waals surface area contributed by atoms with Crippen LogP contribution < -0.4 is 5.32 Å². The predicted octanol–water partition coefficient (Wildman–Crippen LogP) is 3.36. The monoisotopic (exact) mass is 225 g/mol. The molecule has 1 nitrogen and oxygen atoms in total. The van der Waals surface area contributed by atoms with Crippen molar-refractivity contribution in [3.8, 4) is 0 Å². The molecule has 0 aromatic heterocycles. The molecule has 0 unspecified atom stereocenters. The Morgan fingerprint density at radius 1 is 1.14 bits per heavy atom. The Hall–Kier alpha value is -0.0200. The fourth-order valence-electron chi connectivity index (χ4n) is 2.82. The summed E-state index contributed by atoms with van der Waals surface area (Å²) in [7, 11) is 0. The first kappa shape index (κ1) is 9.22. The molecule has 3 rings (SSSR count). The lowest BCUT2D eigenvalue weighted by atomic mass is 10.2. The average molecular weight is 225 g/mol. The molecule has 1 saturated carbocycles. The van der Waals surface area contributed by atoms with Gasteiger partial charge in [-0.1, -0.05) is 36.8 Å². The molecule has 14 heavy (non-hydrogen) atoms. The quantitative estimate of drug-likeness (QED) is 0.635. The molecular formula is C11H15NS2. The van der Waals surface area contributed by atoms with Crippen LogP contribution in [0, 0.1) is 0 Å². The first-order valence-electron chi connectivity index (χ1n) is 5.53. The smallest absolute Gasteiger partial charge is 0.0885 e. The standard InChI is InChI=1S/C11H15NS2/c13-10-8-4-3-5-9(8)12-11(14-10)6-1-2-7-11/h12H,1-7H2. The van der Waals surface area contributed by atoms with E-state index in [0.29, 0.717) is 4.87 Å². The summed E-state index contributed by atoms with van der Waals surface area (Å²) in [4.78, 5) is 0.306. The fraction of sp³-hybridized carbons (Fsp3) is 0.727. The van der Waals surface area contributed by atoms with E-state index in [2.05, 4.69) is 5.32 Å². The van der Waals surface area contributed by atoms with Crippen molar-refractivity contribution < 1.29 is 0 Å². The lowest BCUT2D eigenvalue weighted by Gasteiger charge is -2.36. The van der Waals surface area contributed by atoms with Crippen LogP contribution >= 0.6 is 24.0 Å². The molecule has 2 aliphatic carbocycles. The molecule has 76 valence electrons. The van der Waals surface area contributed by atoms with E-state index in [1.165, 1.54) is 60.4 Å². The largest absolute Gasteiger partial charge is 0.373 e. The summed E-state index contributed by atoms with van der Waals surface area (Å²) in [5.41, 5.74) is 2.94. The van der Waals surface area contributed by atoms with E-state index in [-0.39, 0.29) is 0 Å². The number of hydrogen-bond acceptors (Lipinski definition) is 3. The second-order valence-corrected chi connectivity index (χ2v) is 6.59. The van der Waals surface area contributed by atoms with Gasteiger partial charge in [0.2, 0.25) is 0 Å². The molecule has 1 spiro atoms. The zero-order chi connectivity index (χ0) is 9.60. The second kappa shape index (κ2) is 3.24. The van der Waals surface area contributed by atoms with Crippen molar-refractivity contribution in [2.45, 2.75) is 49.8 Å². The van der Waals surface area contributed by atoms with Crippen molar-refractivity contribution in [2.24, 2.45) is 0 Å². The maximum Gasteiger partial charge on any atom is 0.0885 e. The van der Waals surface area contributed by atoms with E-state index in [9.17, 15) is 0 Å². The number of rotatable bonds is 0. The van der Waals surface area contributed by atoms with Crippen molar-refractivity contribution >= 4 is 28.2 Å². The molecule has 1 heterocycles. The van der Waals surface area contributed by atoms with Gasteiger partial charge in [0.15, 0.2) is 0 Å². The lowest BCUT2D eigenvalue weighted by Crippen LogP contribution is -2.42. The maximum absolute atomic E-state index is 5.52. The lowest BCUT2D eigenvalue weighted by molar-refractivity contribution is 0.521. The van der Waals surface area contributed by atoms with Crippen molar-refractivity contribution in [3.05, 3.63) is 11.3 Å². The number of allylic oxidation sites excluding steroid dienone is 1. The fourth-order valence-corrected chi connectivity index (χ4v) is 4.89. The van der Waals surface area contributed by atoms with E-state index in [1.54, 1.807) is 0 Å². The number of nitrogens with one attached hydrogen (secondary N) is 1. The van der Waals surface area contributed by atoms with E-state index < -0.39 is 0 Å². The molecule has 1 fully saturated rings. The SMILES string of the molecule is S=C1SC2(CCCC2)NC2=C1CCC2. The van der Waals surface area contributed by atoms with Gasteiger partial charge < -0.3 is 5.32 Å². The van der Waals surface area contributed by atoms with Crippen LogP contribution in [0.3, 0.4) is 0 Å². The zero-order valence-corrected chi connectivity index (χ0v) is 9.90. The first-order chi connectivity index (χ1) is 6.79. The predicted molar refractivity (Wildman–Crippen MR) is 65.4 cm³/mol. The number of hydrogen-bond donors (Lipinski definition) is 1. The third-order valence-corrected chi connectivity index (χ3v) is 5.37. The minimum atomic E-state index is 0.306. The molecular weight excluding hydrogens is 210 g/mol. The Balaban J connectivity index is 1.92. The third-order valence-electron chi connectivity index (χ3n) is 3.54. The van der Waals surface area contributed by atoms with Gasteiger partial charge in [0.05, 0.1) is 9.07 Å². The molecule has 0 radical (unpaired) electrons. The van der Waals surface area contributed by atoms with Gasteiger partial charge in [-0.2, -0.15) is 0 Å². The van der Waals surface area contributed by atoms with Gasteiger partial charge >= 0.3 is 0 Å². The first-order valence-corrected chi connectivity index (χ1v) is 6.75. The molecule has 0 aromatic carbocycles. The third kappa shape index (κ3) is 1.33. The average Bonchev–Trinajstić information content (AvgIpc) is 2.75. The summed E-state index contributed by atoms with van der Waals surface area (Å²) in [6.45, 7) is 0. The summed E-state index contributed by atoms with van der Waals surface area (Å²) >= 11 is 7.45. The van der Waals surface area contributed by atoms with Crippen LogP contribution in [0.2, 0.25) is 0 Å². The van der Waals surface area contributed by atoms with Crippen molar-refractivity contribution in [3.63, 3.8) is 0 Å². The molecule has 0 atom stereocenters. The molecule has 0 saturated heterocycles. The van der Waals surface area contributed by atoms with Crippen LogP contribution in [0.25, 0.3) is 0 Å². The van der Waals surface area contributed by atoms with Gasteiger partial charge in [0.25, 0.3) is 0 Å². The normalized spacial score (nSPS) is 29.6. The Bertz CT molecular complexity index is 313. The molecule has 1 N–H and O–H groups in total. The van der Waals surface area contributed by atoms with Gasteiger partial charge in [-0.05, 0) is 37.7 Å². The van der Waals surface area contributed by atoms with Gasteiger partial charge in [-0.25, -0.2) is 0 Å². The summed E-state index contributed by atoms with van der Waals surface area (Å²) in [5, 5.41) is 3.78. The molecule has 0 bridgehead atoms. The highest BCUT2D eigenvalue weighted by atomic mass is 32.2. The highest BCUT2D eigenvalue weighted by Crippen LogP contribution is 2.47. The van der Waals surface area contributed by atoms with Crippen LogP contribution in [0.4, 0.5) is 0 Å². The zero-order valence-electron chi connectivity index (χ0n) is 8.27. The molecule has 0 amide bonds. The molecule has 1 aliphatic heterocycles. The van der Waals surface area contributed by atoms with Crippen molar-refractivity contribution in [1.82, 2.24) is 5.32 Å². The minimum Gasteiger partial charge on any atom is -0.373 e. The second-order valence-electron chi connectivity index (χ2n) is 4.53. The van der Waals surface area contributed by atoms with Crippen LogP contribution in [0.5, 0.6) is 0 Å². The van der Waals surface area contributed by atoms with Crippen LogP contribution in [-0.2, 0) is 0 Å². The summed E-state index contributed by atoms with van der Waals surface area (Å²) < 4.78 is 1.19. The Labute approximate surface area is 94.7 Å². The highest BCUT2D eigenvalue weighted by molar-refractivity contribution is 8.24. The van der Waals surface area contributed by atoms with E-state index >= 15 is 0 Å². The Morgan fingerprint density at radius 2 is 1.93 bits per heavy atom. The number of thiocarbonyl (C=S) groups is 1. The molecule has 3 heteroatoms. The minimum absolute atomic E-state index is 0.306. The van der Waals surface area contributed by atoms with Gasteiger partial charge in [0.1, 0.15) is 0 Å². The van der Waals surface area contributed by atoms with Crippen LogP contribution in [0.15, 0.2) is 11.3 Å². The Morgan fingerprint density at radius 3 is 2.71 bits per heavy atom. The van der Waals surface area contributed by atoms with Crippen LogP contribution in [-0.4, -0.2) is 9.07 Å². The Kier molecular flexibility index (Phi) is 2.13. The van der Waals surface area contributed by atoms with Gasteiger partial charge in [-0.3, -0.25) is 0 Å². The van der Waals surface area contributed by atoms with E-state index in [0.717, 1.165) is 0 Å². The number of thioether (sulfide) groups is 1. The van der Waals surface area contributed by atoms with Crippen molar-refractivity contribution in [1.29, 1.82) is 0 Å². The summed E-state index contributed by atoms with van der Waals surface area (Å²) in [6.07, 6.45) is 9.08. The van der Waals surface area contributed by atoms with Crippen LogP contribution in [0.1, 0.15) is 44.9 Å². The van der Waals surface area contributed by atoms with Gasteiger partial charge in [0, 0.05) is 5.70 Å². The maximum atomic E-state index is 5.52. The molecule has 0 aromatic rings.